The van der Waals surface area contributed by atoms with Crippen molar-refractivity contribution in [1.29, 1.82) is 0 Å². The SMILES string of the molecule is C=CC1=C(C)C2CC3NC(CC4NC(CC5NC(CC1N2)C(C)=C5C=C)C(C)C4CCC(=O)OC)C(CCC(=O)O)=C3C. The second kappa shape index (κ2) is 13.2. The van der Waals surface area contributed by atoms with Crippen LogP contribution in [-0.4, -0.2) is 72.5 Å². The summed E-state index contributed by atoms with van der Waals surface area (Å²) in [6.07, 6.45) is 9.63. The molecule has 10 unspecified atom stereocenters. The molecular weight excluding hydrogens is 540 g/mol. The van der Waals surface area contributed by atoms with Gasteiger partial charge in [-0.05, 0) is 82.3 Å². The van der Waals surface area contributed by atoms with E-state index >= 15 is 0 Å². The third kappa shape index (κ3) is 6.35. The molecule has 8 nitrogen and oxygen atoms in total. The summed E-state index contributed by atoms with van der Waals surface area (Å²) in [6, 6.07) is 1.67. The highest BCUT2D eigenvalue weighted by Gasteiger charge is 2.46. The van der Waals surface area contributed by atoms with Crippen molar-refractivity contribution in [3.05, 3.63) is 58.7 Å². The smallest absolute Gasteiger partial charge is 0.305 e. The zero-order valence-electron chi connectivity index (χ0n) is 26.7. The molecule has 236 valence electrons. The lowest BCUT2D eigenvalue weighted by molar-refractivity contribution is -0.141. The first-order valence-corrected chi connectivity index (χ1v) is 16.2. The Morgan fingerprint density at radius 3 is 1.91 bits per heavy atom. The van der Waals surface area contributed by atoms with Crippen LogP contribution in [0.4, 0.5) is 0 Å². The Hall–Kier alpha value is -2.52. The van der Waals surface area contributed by atoms with Crippen molar-refractivity contribution >= 4 is 11.9 Å². The number of ether oxygens (including phenoxy) is 1. The van der Waals surface area contributed by atoms with E-state index in [1.165, 1.54) is 40.5 Å². The number of carboxylic acid groups (broad SMARTS) is 1. The molecule has 5 aliphatic heterocycles. The molecule has 0 amide bonds. The Kier molecular flexibility index (Phi) is 9.81. The Balaban J connectivity index is 1.50. The maximum Gasteiger partial charge on any atom is 0.305 e. The van der Waals surface area contributed by atoms with Gasteiger partial charge in [-0.2, -0.15) is 0 Å². The van der Waals surface area contributed by atoms with Gasteiger partial charge in [0.1, 0.15) is 0 Å². The van der Waals surface area contributed by atoms with Crippen LogP contribution in [0.2, 0.25) is 0 Å². The van der Waals surface area contributed by atoms with Crippen LogP contribution in [0.15, 0.2) is 58.7 Å². The van der Waals surface area contributed by atoms with Crippen LogP contribution in [0.3, 0.4) is 0 Å². The van der Waals surface area contributed by atoms with Crippen molar-refractivity contribution in [2.24, 2.45) is 11.8 Å². The van der Waals surface area contributed by atoms with Crippen molar-refractivity contribution in [3.8, 4) is 0 Å². The molecule has 0 aromatic carbocycles. The number of aliphatic carboxylic acids is 1. The Morgan fingerprint density at radius 2 is 1.33 bits per heavy atom. The molecule has 8 bridgehead atoms. The number of methoxy groups -OCH3 is 1. The molecule has 0 aliphatic carbocycles. The van der Waals surface area contributed by atoms with Crippen molar-refractivity contribution < 1.29 is 19.4 Å². The summed E-state index contributed by atoms with van der Waals surface area (Å²) in [6.45, 7) is 17.4. The lowest BCUT2D eigenvalue weighted by Gasteiger charge is -2.28. The van der Waals surface area contributed by atoms with Crippen LogP contribution >= 0.6 is 0 Å². The summed E-state index contributed by atoms with van der Waals surface area (Å²) < 4.78 is 5.02. The molecule has 5 N–H and O–H groups in total. The van der Waals surface area contributed by atoms with Gasteiger partial charge in [0.15, 0.2) is 0 Å². The average Bonchev–Trinajstić information content (AvgIpc) is 3.63. The van der Waals surface area contributed by atoms with Crippen molar-refractivity contribution in [3.63, 3.8) is 0 Å². The average molecular weight is 593 g/mol. The highest BCUT2D eigenvalue weighted by molar-refractivity contribution is 5.69. The lowest BCUT2D eigenvalue weighted by atomic mass is 9.80. The van der Waals surface area contributed by atoms with Crippen molar-refractivity contribution in [2.75, 3.05) is 7.11 Å². The molecule has 0 aromatic rings. The van der Waals surface area contributed by atoms with E-state index in [-0.39, 0.29) is 60.7 Å². The first-order chi connectivity index (χ1) is 20.6. The van der Waals surface area contributed by atoms with E-state index in [2.05, 4.69) is 62.1 Å². The topological polar surface area (TPSA) is 112 Å². The minimum absolute atomic E-state index is 0.0987. The normalized spacial score (nSPS) is 37.7. The zero-order valence-corrected chi connectivity index (χ0v) is 26.7. The molecule has 2 saturated heterocycles. The van der Waals surface area contributed by atoms with Gasteiger partial charge in [-0.25, -0.2) is 0 Å². The Morgan fingerprint density at radius 1 is 0.791 bits per heavy atom. The van der Waals surface area contributed by atoms with E-state index in [0.717, 1.165) is 32.1 Å². The van der Waals surface area contributed by atoms with E-state index in [9.17, 15) is 14.7 Å². The summed E-state index contributed by atoms with van der Waals surface area (Å²) in [4.78, 5) is 23.9. The molecule has 5 heterocycles. The van der Waals surface area contributed by atoms with Gasteiger partial charge in [0.2, 0.25) is 0 Å². The molecular formula is C35H52N4O4. The molecule has 5 aliphatic rings. The fourth-order valence-electron chi connectivity index (χ4n) is 8.96. The predicted octanol–water partition coefficient (Wildman–Crippen LogP) is 4.31. The molecule has 10 atom stereocenters. The number of carbonyl (C=O) groups excluding carboxylic acids is 1. The van der Waals surface area contributed by atoms with E-state index in [0.29, 0.717) is 24.7 Å². The van der Waals surface area contributed by atoms with Crippen LogP contribution < -0.4 is 21.3 Å². The number of rotatable bonds is 8. The second-order valence-corrected chi connectivity index (χ2v) is 13.6. The molecule has 8 heteroatoms. The number of hydrogen-bond donors (Lipinski definition) is 5. The number of esters is 1. The highest BCUT2D eigenvalue weighted by Crippen LogP contribution is 2.41. The molecule has 0 spiro atoms. The van der Waals surface area contributed by atoms with Gasteiger partial charge in [-0.15, -0.1) is 0 Å². The van der Waals surface area contributed by atoms with Gasteiger partial charge < -0.3 is 31.1 Å². The summed E-state index contributed by atoms with van der Waals surface area (Å²) >= 11 is 0. The van der Waals surface area contributed by atoms with Gasteiger partial charge >= 0.3 is 11.9 Å². The quantitative estimate of drug-likeness (QED) is 0.210. The van der Waals surface area contributed by atoms with Gasteiger partial charge in [-0.3, -0.25) is 9.59 Å². The fourth-order valence-corrected chi connectivity index (χ4v) is 8.96. The summed E-state index contributed by atoms with van der Waals surface area (Å²) in [5.41, 5.74) is 7.88. The maximum absolute atomic E-state index is 12.2. The maximum atomic E-state index is 12.2. The number of hydrogen-bond acceptors (Lipinski definition) is 7. The summed E-state index contributed by atoms with van der Waals surface area (Å²) in [5.74, 6) is -0.238. The van der Waals surface area contributed by atoms with Crippen LogP contribution in [0.25, 0.3) is 0 Å². The van der Waals surface area contributed by atoms with Gasteiger partial charge in [0.25, 0.3) is 0 Å². The molecule has 0 saturated carbocycles. The van der Waals surface area contributed by atoms with Gasteiger partial charge in [-0.1, -0.05) is 54.5 Å². The predicted molar refractivity (Wildman–Crippen MR) is 171 cm³/mol. The largest absolute Gasteiger partial charge is 0.481 e. The van der Waals surface area contributed by atoms with E-state index in [4.69, 9.17) is 4.74 Å². The minimum Gasteiger partial charge on any atom is -0.481 e. The standard InChI is InChI=1S/C35H52N4O4/c1-8-22-18(3)26-14-27-20(5)24(10-12-34(40)41)32(38-27)17-33-25(11-13-35(42)43-7)21(6)29(39-33)16-31-23(9-2)19(4)28(37-31)15-30(22)36-26/h8-9,21,25-33,36-39H,1-2,10-17H2,3-7H3,(H,40,41). The van der Waals surface area contributed by atoms with Crippen LogP contribution in [0.1, 0.15) is 79.1 Å². The molecule has 2 fully saturated rings. The highest BCUT2D eigenvalue weighted by atomic mass is 16.5. The number of fused-ring (bicyclic) bond motifs is 8. The third-order valence-electron chi connectivity index (χ3n) is 11.5. The van der Waals surface area contributed by atoms with Crippen LogP contribution in [-0.2, 0) is 14.3 Å². The first kappa shape index (κ1) is 31.9. The van der Waals surface area contributed by atoms with Gasteiger partial charge in [0, 0.05) is 61.2 Å². The zero-order chi connectivity index (χ0) is 31.0. The van der Waals surface area contributed by atoms with Crippen LogP contribution in [0, 0.1) is 11.8 Å². The fraction of sp³-hybridized carbons (Fsp3) is 0.657. The Labute approximate surface area is 257 Å². The van der Waals surface area contributed by atoms with Crippen LogP contribution in [0.5, 0.6) is 0 Å². The second-order valence-electron chi connectivity index (χ2n) is 13.6. The number of carboxylic acids is 1. The molecule has 5 rings (SSSR count). The number of nitrogens with one attached hydrogen (secondary N) is 4. The van der Waals surface area contributed by atoms with E-state index < -0.39 is 5.97 Å². The Bertz CT molecular complexity index is 1230. The first-order valence-electron chi connectivity index (χ1n) is 16.2. The van der Waals surface area contributed by atoms with Crippen molar-refractivity contribution in [1.82, 2.24) is 21.3 Å². The summed E-state index contributed by atoms with van der Waals surface area (Å²) in [7, 11) is 1.46. The van der Waals surface area contributed by atoms with E-state index in [1.54, 1.807) is 0 Å². The monoisotopic (exact) mass is 592 g/mol. The number of carbonyl (C=O) groups is 2. The molecule has 43 heavy (non-hydrogen) atoms. The lowest BCUT2D eigenvalue weighted by Crippen LogP contribution is -2.46. The van der Waals surface area contributed by atoms with Gasteiger partial charge in [0.05, 0.1) is 7.11 Å². The van der Waals surface area contributed by atoms with E-state index in [1.807, 2.05) is 12.2 Å². The minimum atomic E-state index is -0.761. The van der Waals surface area contributed by atoms with Crippen molar-refractivity contribution in [2.45, 2.75) is 127 Å². The summed E-state index contributed by atoms with van der Waals surface area (Å²) in [5, 5.41) is 25.5. The molecule has 0 aromatic heterocycles. The molecule has 0 radical (unpaired) electrons. The third-order valence-corrected chi connectivity index (χ3v) is 11.5.